The Morgan fingerprint density at radius 1 is 1.04 bits per heavy atom. The first-order valence-electron chi connectivity index (χ1n) is 8.29. The predicted molar refractivity (Wildman–Crippen MR) is 96.6 cm³/mol. The third-order valence-corrected chi connectivity index (χ3v) is 4.66. The van der Waals surface area contributed by atoms with Crippen LogP contribution in [0.3, 0.4) is 0 Å². The minimum atomic E-state index is -0.211. The molecule has 126 valence electrons. The third kappa shape index (κ3) is 2.85. The molecule has 1 aliphatic rings. The van der Waals surface area contributed by atoms with E-state index in [1.54, 1.807) is 4.90 Å². The normalized spacial score (nSPS) is 16.9. The van der Waals surface area contributed by atoms with Crippen LogP contribution in [0, 0.1) is 0 Å². The lowest BCUT2D eigenvalue weighted by Gasteiger charge is -2.37. The molecule has 2 aromatic carbocycles. The molecule has 6 nitrogen and oxygen atoms in total. The van der Waals surface area contributed by atoms with Crippen molar-refractivity contribution in [2.75, 3.05) is 25.5 Å². The summed E-state index contributed by atoms with van der Waals surface area (Å²) in [7, 11) is 4.07. The van der Waals surface area contributed by atoms with Gasteiger partial charge in [-0.2, -0.15) is 0 Å². The lowest BCUT2D eigenvalue weighted by Crippen LogP contribution is -2.48. The topological polar surface area (TPSA) is 62.2 Å². The van der Waals surface area contributed by atoms with Crippen molar-refractivity contribution in [3.8, 4) is 0 Å². The molecule has 0 saturated carbocycles. The summed E-state index contributed by atoms with van der Waals surface area (Å²) in [5, 5.41) is 8.20. The molecule has 1 atom stereocenters. The molecule has 0 N–H and O–H groups in total. The molecule has 0 bridgehead atoms. The second kappa shape index (κ2) is 6.22. The van der Waals surface area contributed by atoms with E-state index in [-0.39, 0.29) is 17.8 Å². The van der Waals surface area contributed by atoms with E-state index in [2.05, 4.69) is 26.1 Å². The Balaban J connectivity index is 1.74. The third-order valence-electron chi connectivity index (χ3n) is 4.66. The monoisotopic (exact) mass is 333 g/mol. The molecule has 0 spiro atoms. The zero-order valence-corrected chi connectivity index (χ0v) is 14.3. The Morgan fingerprint density at radius 2 is 1.76 bits per heavy atom. The first kappa shape index (κ1) is 15.7. The van der Waals surface area contributed by atoms with Gasteiger partial charge in [-0.05, 0) is 44.3 Å². The lowest BCUT2D eigenvalue weighted by molar-refractivity contribution is 0.0965. The van der Waals surface area contributed by atoms with E-state index < -0.39 is 0 Å². The summed E-state index contributed by atoms with van der Waals surface area (Å²) in [5.41, 5.74) is 3.46. The number of aromatic nitrogens is 3. The van der Waals surface area contributed by atoms with Crippen molar-refractivity contribution >= 4 is 22.6 Å². The number of nitrogens with zero attached hydrogens (tertiary/aromatic N) is 5. The summed E-state index contributed by atoms with van der Waals surface area (Å²) in [5.74, 6) is -0.0786. The summed E-state index contributed by atoms with van der Waals surface area (Å²) in [6.45, 7) is 0.610. The Kier molecular flexibility index (Phi) is 3.89. The van der Waals surface area contributed by atoms with Crippen LogP contribution >= 0.6 is 0 Å². The molecule has 3 aromatic rings. The number of hydrogen-bond acceptors (Lipinski definition) is 5. The van der Waals surface area contributed by atoms with Gasteiger partial charge in [-0.3, -0.25) is 4.79 Å². The number of anilines is 1. The number of fused-ring (bicyclic) bond motifs is 2. The molecule has 6 heteroatoms. The molecule has 0 saturated heterocycles. The van der Waals surface area contributed by atoms with Gasteiger partial charge < -0.3 is 9.80 Å². The zero-order valence-electron chi connectivity index (χ0n) is 14.3. The molecule has 2 heterocycles. The van der Waals surface area contributed by atoms with Gasteiger partial charge in [0, 0.05) is 18.3 Å². The molecule has 1 amide bonds. The Hall–Kier alpha value is -2.86. The van der Waals surface area contributed by atoms with Crippen LogP contribution in [0.25, 0.3) is 11.0 Å². The molecule has 0 radical (unpaired) electrons. The van der Waals surface area contributed by atoms with Crippen molar-refractivity contribution < 1.29 is 4.79 Å². The smallest absolute Gasteiger partial charge is 0.298 e. The number of hydrogen-bond donors (Lipinski definition) is 0. The molecule has 4 rings (SSSR count). The van der Waals surface area contributed by atoms with Gasteiger partial charge in [-0.1, -0.05) is 30.3 Å². The van der Waals surface area contributed by atoms with Gasteiger partial charge in [-0.15, -0.1) is 10.2 Å². The van der Waals surface area contributed by atoms with E-state index in [1.807, 2.05) is 56.6 Å². The van der Waals surface area contributed by atoms with E-state index in [9.17, 15) is 4.79 Å². The first-order chi connectivity index (χ1) is 12.1. The quantitative estimate of drug-likeness (QED) is 0.719. The molecule has 0 fully saturated rings. The fourth-order valence-electron chi connectivity index (χ4n) is 3.20. The van der Waals surface area contributed by atoms with Gasteiger partial charge in [-0.25, -0.2) is 4.98 Å². The molecule has 1 unspecified atom stereocenters. The number of benzene rings is 2. The van der Waals surface area contributed by atoms with E-state index in [1.165, 1.54) is 0 Å². The maximum absolute atomic E-state index is 13.1. The highest BCUT2D eigenvalue weighted by Crippen LogP contribution is 2.29. The summed E-state index contributed by atoms with van der Waals surface area (Å²) in [6, 6.07) is 15.7. The number of para-hydroxylation sites is 2. The van der Waals surface area contributed by atoms with Crippen LogP contribution in [0.2, 0.25) is 0 Å². The second-order valence-corrected chi connectivity index (χ2v) is 6.49. The minimum Gasteiger partial charge on any atom is -0.304 e. The fraction of sp³-hybridized carbons (Fsp3) is 0.263. The number of likely N-dealkylation sites (N-methyl/N-ethyl adjacent to an activating group) is 1. The number of carbonyl (C=O) groups is 1. The zero-order chi connectivity index (χ0) is 17.4. The van der Waals surface area contributed by atoms with Crippen molar-refractivity contribution in [2.24, 2.45) is 0 Å². The summed E-state index contributed by atoms with van der Waals surface area (Å²) in [6.07, 6.45) is 0.920. The SMILES string of the molecule is CN(C)C1Cc2ccccc2N(C(=O)c2nnc3ccccc3n2)C1. The Bertz CT molecular complexity index is 940. The molecule has 1 aromatic heterocycles. The second-order valence-electron chi connectivity index (χ2n) is 6.49. The van der Waals surface area contributed by atoms with Crippen LogP contribution in [0.1, 0.15) is 16.2 Å². The standard InChI is InChI=1S/C19H19N5O/c1-23(2)14-11-13-7-3-6-10-17(13)24(12-14)19(25)18-20-15-8-4-5-9-16(15)21-22-18/h3-10,14H,11-12H2,1-2H3. The van der Waals surface area contributed by atoms with Crippen LogP contribution < -0.4 is 4.90 Å². The van der Waals surface area contributed by atoms with E-state index in [4.69, 9.17) is 0 Å². The van der Waals surface area contributed by atoms with Gasteiger partial charge in [0.1, 0.15) is 5.52 Å². The van der Waals surface area contributed by atoms with Crippen molar-refractivity contribution in [2.45, 2.75) is 12.5 Å². The molecule has 1 aliphatic heterocycles. The molecular formula is C19H19N5O. The van der Waals surface area contributed by atoms with Gasteiger partial charge in [0.25, 0.3) is 5.91 Å². The van der Waals surface area contributed by atoms with Crippen LogP contribution in [-0.4, -0.2) is 52.7 Å². The van der Waals surface area contributed by atoms with E-state index in [0.717, 1.165) is 17.7 Å². The first-order valence-corrected chi connectivity index (χ1v) is 8.29. The van der Waals surface area contributed by atoms with Crippen LogP contribution in [0.4, 0.5) is 5.69 Å². The fourth-order valence-corrected chi connectivity index (χ4v) is 3.20. The van der Waals surface area contributed by atoms with Crippen molar-refractivity contribution in [1.82, 2.24) is 20.1 Å². The molecular weight excluding hydrogens is 314 g/mol. The summed E-state index contributed by atoms with van der Waals surface area (Å²) >= 11 is 0. The highest BCUT2D eigenvalue weighted by atomic mass is 16.2. The van der Waals surface area contributed by atoms with Crippen molar-refractivity contribution in [3.63, 3.8) is 0 Å². The average molecular weight is 333 g/mol. The maximum Gasteiger partial charge on any atom is 0.298 e. The highest BCUT2D eigenvalue weighted by molar-refractivity contribution is 6.05. The molecule has 25 heavy (non-hydrogen) atoms. The average Bonchev–Trinajstić information content (AvgIpc) is 2.66. The van der Waals surface area contributed by atoms with E-state index >= 15 is 0 Å². The Morgan fingerprint density at radius 3 is 2.56 bits per heavy atom. The minimum absolute atomic E-state index is 0.132. The van der Waals surface area contributed by atoms with Crippen molar-refractivity contribution in [3.05, 3.63) is 59.9 Å². The van der Waals surface area contributed by atoms with Gasteiger partial charge in [0.15, 0.2) is 0 Å². The number of carbonyl (C=O) groups excluding carboxylic acids is 1. The number of rotatable bonds is 2. The number of amides is 1. The predicted octanol–water partition coefficient (Wildman–Crippen LogP) is 2.16. The maximum atomic E-state index is 13.1. The van der Waals surface area contributed by atoms with Gasteiger partial charge in [0.05, 0.1) is 5.52 Å². The van der Waals surface area contributed by atoms with Crippen LogP contribution in [0.15, 0.2) is 48.5 Å². The highest BCUT2D eigenvalue weighted by Gasteiger charge is 2.31. The van der Waals surface area contributed by atoms with Crippen molar-refractivity contribution in [1.29, 1.82) is 0 Å². The van der Waals surface area contributed by atoms with Crippen LogP contribution in [-0.2, 0) is 6.42 Å². The van der Waals surface area contributed by atoms with Gasteiger partial charge in [0.2, 0.25) is 5.82 Å². The molecule has 0 aliphatic carbocycles. The van der Waals surface area contributed by atoms with Crippen LogP contribution in [0.5, 0.6) is 0 Å². The summed E-state index contributed by atoms with van der Waals surface area (Å²) < 4.78 is 0. The van der Waals surface area contributed by atoms with Gasteiger partial charge >= 0.3 is 0 Å². The largest absolute Gasteiger partial charge is 0.304 e. The van der Waals surface area contributed by atoms with E-state index in [0.29, 0.717) is 17.6 Å². The summed E-state index contributed by atoms with van der Waals surface area (Å²) in [4.78, 5) is 21.5. The lowest BCUT2D eigenvalue weighted by atomic mass is 9.97. The Labute approximate surface area is 146 Å².